The average molecular weight is 314 g/mol. The molecule has 0 unspecified atom stereocenters. The van der Waals surface area contributed by atoms with Crippen LogP contribution in [0.2, 0.25) is 0 Å². The Morgan fingerprint density at radius 3 is 2.96 bits per heavy atom. The summed E-state index contributed by atoms with van der Waals surface area (Å²) >= 11 is 0. The van der Waals surface area contributed by atoms with Gasteiger partial charge in [-0.3, -0.25) is 0 Å². The van der Waals surface area contributed by atoms with Gasteiger partial charge in [0.15, 0.2) is 0 Å². The van der Waals surface area contributed by atoms with Crippen LogP contribution in [0.5, 0.6) is 5.75 Å². The number of hydrogen-bond donors (Lipinski definition) is 3. The molecule has 1 aliphatic rings. The molecule has 1 atom stereocenters. The highest BCUT2D eigenvalue weighted by atomic mass is 19.1. The number of carbonyl (C=O) groups excluding carboxylic acids is 1. The van der Waals surface area contributed by atoms with Crippen molar-refractivity contribution in [3.8, 4) is 5.75 Å². The van der Waals surface area contributed by atoms with Crippen LogP contribution in [-0.4, -0.2) is 17.7 Å². The first-order valence-electron chi connectivity index (χ1n) is 7.72. The number of aromatic hydroxyl groups is 1. The number of benzene rings is 2. The van der Waals surface area contributed by atoms with Crippen molar-refractivity contribution in [3.05, 3.63) is 65.0 Å². The quantitative estimate of drug-likeness (QED) is 0.812. The molecule has 0 saturated heterocycles. The van der Waals surface area contributed by atoms with Gasteiger partial charge in [0.1, 0.15) is 11.6 Å². The van der Waals surface area contributed by atoms with Crippen molar-refractivity contribution in [2.45, 2.75) is 25.3 Å². The van der Waals surface area contributed by atoms with Crippen LogP contribution in [0.15, 0.2) is 42.5 Å². The highest BCUT2D eigenvalue weighted by Crippen LogP contribution is 2.31. The predicted molar refractivity (Wildman–Crippen MR) is 85.8 cm³/mol. The Hall–Kier alpha value is -2.56. The zero-order chi connectivity index (χ0) is 16.2. The van der Waals surface area contributed by atoms with E-state index >= 15 is 0 Å². The molecular weight excluding hydrogens is 295 g/mol. The molecule has 120 valence electrons. The van der Waals surface area contributed by atoms with Gasteiger partial charge < -0.3 is 15.7 Å². The van der Waals surface area contributed by atoms with Gasteiger partial charge >= 0.3 is 6.03 Å². The number of phenols is 1. The molecule has 0 aromatic heterocycles. The fourth-order valence-corrected chi connectivity index (χ4v) is 2.98. The number of carbonyl (C=O) groups is 1. The monoisotopic (exact) mass is 314 g/mol. The highest BCUT2D eigenvalue weighted by Gasteiger charge is 2.24. The van der Waals surface area contributed by atoms with Gasteiger partial charge in [-0.2, -0.15) is 0 Å². The summed E-state index contributed by atoms with van der Waals surface area (Å²) in [5.41, 5.74) is 2.93. The van der Waals surface area contributed by atoms with E-state index in [9.17, 15) is 14.3 Å². The summed E-state index contributed by atoms with van der Waals surface area (Å²) in [5.74, 6) is -0.0123. The predicted octanol–water partition coefficient (Wildman–Crippen LogP) is 3.06. The SMILES string of the molecule is O=C(NCCc1cccc(O)c1)N[C@@H]1CCc2cc(F)ccc21. The molecule has 2 aromatic carbocycles. The topological polar surface area (TPSA) is 61.4 Å². The average Bonchev–Trinajstić information content (AvgIpc) is 2.89. The second-order valence-corrected chi connectivity index (χ2v) is 5.75. The molecule has 1 aliphatic carbocycles. The summed E-state index contributed by atoms with van der Waals surface area (Å²) in [6, 6.07) is 11.4. The lowest BCUT2D eigenvalue weighted by atomic mass is 10.1. The zero-order valence-corrected chi connectivity index (χ0v) is 12.7. The zero-order valence-electron chi connectivity index (χ0n) is 12.7. The minimum absolute atomic E-state index is 0.0635. The van der Waals surface area contributed by atoms with Gasteiger partial charge in [-0.05, 0) is 60.2 Å². The van der Waals surface area contributed by atoms with Crippen LogP contribution >= 0.6 is 0 Å². The molecule has 3 N–H and O–H groups in total. The minimum Gasteiger partial charge on any atom is -0.508 e. The maximum Gasteiger partial charge on any atom is 0.315 e. The lowest BCUT2D eigenvalue weighted by molar-refractivity contribution is 0.237. The van der Waals surface area contributed by atoms with Crippen molar-refractivity contribution >= 4 is 6.03 Å². The van der Waals surface area contributed by atoms with Gasteiger partial charge in [0.25, 0.3) is 0 Å². The molecular formula is C18H19FN2O2. The van der Waals surface area contributed by atoms with Gasteiger partial charge in [-0.15, -0.1) is 0 Å². The molecule has 0 aliphatic heterocycles. The maximum absolute atomic E-state index is 13.2. The van der Waals surface area contributed by atoms with E-state index in [1.165, 1.54) is 12.1 Å². The number of amides is 2. The number of urea groups is 1. The van der Waals surface area contributed by atoms with Crippen LogP contribution < -0.4 is 10.6 Å². The first-order valence-corrected chi connectivity index (χ1v) is 7.72. The van der Waals surface area contributed by atoms with Gasteiger partial charge in [-0.1, -0.05) is 18.2 Å². The molecule has 23 heavy (non-hydrogen) atoms. The third-order valence-electron chi connectivity index (χ3n) is 4.10. The Balaban J connectivity index is 1.49. The summed E-state index contributed by atoms with van der Waals surface area (Å²) in [5, 5.41) is 15.1. The van der Waals surface area contributed by atoms with E-state index < -0.39 is 0 Å². The van der Waals surface area contributed by atoms with Gasteiger partial charge in [0.05, 0.1) is 6.04 Å². The molecule has 5 heteroatoms. The van der Waals surface area contributed by atoms with E-state index in [1.54, 1.807) is 24.3 Å². The Kier molecular flexibility index (Phi) is 4.46. The molecule has 0 saturated carbocycles. The van der Waals surface area contributed by atoms with Crippen LogP contribution in [0.25, 0.3) is 0 Å². The molecule has 0 heterocycles. The van der Waals surface area contributed by atoms with Crippen molar-refractivity contribution in [2.75, 3.05) is 6.54 Å². The van der Waals surface area contributed by atoms with Crippen LogP contribution in [0.1, 0.15) is 29.2 Å². The molecule has 0 fully saturated rings. The third-order valence-corrected chi connectivity index (χ3v) is 4.10. The van der Waals surface area contributed by atoms with Gasteiger partial charge in [-0.25, -0.2) is 9.18 Å². The normalized spacial score (nSPS) is 16.0. The molecule has 4 nitrogen and oxygen atoms in total. The Morgan fingerprint density at radius 1 is 1.26 bits per heavy atom. The summed E-state index contributed by atoms with van der Waals surface area (Å²) < 4.78 is 13.2. The van der Waals surface area contributed by atoms with E-state index in [0.717, 1.165) is 29.5 Å². The standard InChI is InChI=1S/C18H19FN2O2/c19-14-5-6-16-13(11-14)4-7-17(16)21-18(23)20-9-8-12-2-1-3-15(22)10-12/h1-3,5-6,10-11,17,22H,4,7-9H2,(H2,20,21,23)/t17-/m1/s1. The number of phenolic OH excluding ortho intramolecular Hbond substituents is 1. The van der Waals surface area contributed by atoms with Crippen molar-refractivity contribution in [2.24, 2.45) is 0 Å². The van der Waals surface area contributed by atoms with Gasteiger partial charge in [0, 0.05) is 6.54 Å². The van der Waals surface area contributed by atoms with Gasteiger partial charge in [0.2, 0.25) is 0 Å². The summed E-state index contributed by atoms with van der Waals surface area (Å²) in [6.45, 7) is 0.484. The smallest absolute Gasteiger partial charge is 0.315 e. The summed E-state index contributed by atoms with van der Waals surface area (Å²) in [6.07, 6.45) is 2.22. The number of halogens is 1. The van der Waals surface area contributed by atoms with Crippen LogP contribution in [0.3, 0.4) is 0 Å². The lowest BCUT2D eigenvalue weighted by Crippen LogP contribution is -2.38. The van der Waals surface area contributed by atoms with E-state index in [-0.39, 0.29) is 23.6 Å². The maximum atomic E-state index is 13.2. The van der Waals surface area contributed by atoms with E-state index in [2.05, 4.69) is 10.6 Å². The van der Waals surface area contributed by atoms with Crippen LogP contribution in [-0.2, 0) is 12.8 Å². The second kappa shape index (κ2) is 6.69. The Labute approximate surface area is 134 Å². The number of aryl methyl sites for hydroxylation is 1. The second-order valence-electron chi connectivity index (χ2n) is 5.75. The summed E-state index contributed by atoms with van der Waals surface area (Å²) in [7, 11) is 0. The van der Waals surface area contributed by atoms with Crippen LogP contribution in [0, 0.1) is 5.82 Å². The fourth-order valence-electron chi connectivity index (χ4n) is 2.98. The Morgan fingerprint density at radius 2 is 2.13 bits per heavy atom. The van der Waals surface area contributed by atoms with Crippen molar-refractivity contribution < 1.29 is 14.3 Å². The van der Waals surface area contributed by atoms with E-state index in [4.69, 9.17) is 0 Å². The van der Waals surface area contributed by atoms with Crippen molar-refractivity contribution in [3.63, 3.8) is 0 Å². The molecule has 0 spiro atoms. The molecule has 3 rings (SSSR count). The molecule has 0 bridgehead atoms. The van der Waals surface area contributed by atoms with E-state index in [0.29, 0.717) is 13.0 Å². The highest BCUT2D eigenvalue weighted by molar-refractivity contribution is 5.74. The first-order chi connectivity index (χ1) is 11.1. The van der Waals surface area contributed by atoms with Crippen LogP contribution in [0.4, 0.5) is 9.18 Å². The summed E-state index contributed by atoms with van der Waals surface area (Å²) in [4.78, 5) is 12.0. The molecule has 2 aromatic rings. The minimum atomic E-state index is -0.236. The van der Waals surface area contributed by atoms with Crippen molar-refractivity contribution in [1.29, 1.82) is 0 Å². The number of nitrogens with one attached hydrogen (secondary N) is 2. The Bertz CT molecular complexity index is 718. The van der Waals surface area contributed by atoms with E-state index in [1.807, 2.05) is 6.07 Å². The molecule has 0 radical (unpaired) electrons. The number of fused-ring (bicyclic) bond motifs is 1. The number of rotatable bonds is 4. The largest absolute Gasteiger partial charge is 0.508 e. The molecule has 2 amide bonds. The van der Waals surface area contributed by atoms with Crippen molar-refractivity contribution in [1.82, 2.24) is 10.6 Å². The fraction of sp³-hybridized carbons (Fsp3) is 0.278. The first kappa shape index (κ1) is 15.3. The lowest BCUT2D eigenvalue weighted by Gasteiger charge is -2.15. The number of hydrogen-bond acceptors (Lipinski definition) is 2. The third kappa shape index (κ3) is 3.80.